The van der Waals surface area contributed by atoms with E-state index < -0.39 is 5.92 Å². The molecule has 164 valence electrons. The number of H-pyrrole nitrogens is 1. The van der Waals surface area contributed by atoms with Crippen molar-refractivity contribution >= 4 is 0 Å². The minimum absolute atomic E-state index is 0.0104. The second-order valence-electron chi connectivity index (χ2n) is 7.20. The van der Waals surface area contributed by atoms with E-state index in [2.05, 4.69) is 23.2 Å². The molecule has 3 aromatic rings. The Morgan fingerprint density at radius 1 is 1.16 bits per heavy atom. The maximum Gasteiger partial charge on any atom is 0.244 e. The van der Waals surface area contributed by atoms with Crippen molar-refractivity contribution in [2.45, 2.75) is 19.3 Å². The lowest BCUT2D eigenvalue weighted by atomic mass is 9.82. The van der Waals surface area contributed by atoms with E-state index in [9.17, 15) is 5.26 Å². The summed E-state index contributed by atoms with van der Waals surface area (Å²) in [5.74, 6) is 1.63. The van der Waals surface area contributed by atoms with Gasteiger partial charge in [-0.25, -0.2) is 0 Å². The highest BCUT2D eigenvalue weighted by Gasteiger charge is 2.37. The maximum absolute atomic E-state index is 9.94. The zero-order chi connectivity index (χ0) is 22.7. The van der Waals surface area contributed by atoms with Crippen molar-refractivity contribution in [3.63, 3.8) is 0 Å². The number of nitriles is 1. The molecule has 0 aliphatic carbocycles. The Morgan fingerprint density at radius 3 is 2.59 bits per heavy atom. The molecule has 0 radical (unpaired) electrons. The van der Waals surface area contributed by atoms with Gasteiger partial charge in [-0.05, 0) is 36.8 Å². The second kappa shape index (κ2) is 8.94. The SMILES string of the molecule is CCCOc1ccc(-c2[nH]nc3c2[C@@H](c2cccc(OC)c2OC)C(C#N)=C(N)O3)cc1. The zero-order valence-electron chi connectivity index (χ0n) is 18.1. The van der Waals surface area contributed by atoms with Gasteiger partial charge < -0.3 is 24.7 Å². The van der Waals surface area contributed by atoms with E-state index in [-0.39, 0.29) is 11.5 Å². The molecule has 1 aliphatic heterocycles. The summed E-state index contributed by atoms with van der Waals surface area (Å²) in [6.07, 6.45) is 0.932. The van der Waals surface area contributed by atoms with E-state index in [0.717, 1.165) is 29.0 Å². The summed E-state index contributed by atoms with van der Waals surface area (Å²) in [5.41, 5.74) is 9.39. The Hall–Kier alpha value is -4.12. The van der Waals surface area contributed by atoms with Gasteiger partial charge in [-0.2, -0.15) is 5.26 Å². The highest BCUT2D eigenvalue weighted by Crippen LogP contribution is 2.49. The summed E-state index contributed by atoms with van der Waals surface area (Å²) < 4.78 is 22.5. The molecule has 0 bridgehead atoms. The monoisotopic (exact) mass is 432 g/mol. The lowest BCUT2D eigenvalue weighted by Gasteiger charge is -2.26. The zero-order valence-corrected chi connectivity index (χ0v) is 18.1. The van der Waals surface area contributed by atoms with Crippen molar-refractivity contribution in [1.82, 2.24) is 10.2 Å². The third-order valence-electron chi connectivity index (χ3n) is 5.30. The Kier molecular flexibility index (Phi) is 5.90. The number of aromatic amines is 1. The molecule has 8 nitrogen and oxygen atoms in total. The van der Waals surface area contributed by atoms with Gasteiger partial charge in [0.25, 0.3) is 0 Å². The number of methoxy groups -OCH3 is 2. The molecular weight excluding hydrogens is 408 g/mol. The molecule has 0 amide bonds. The van der Waals surface area contributed by atoms with Crippen molar-refractivity contribution in [2.75, 3.05) is 20.8 Å². The fraction of sp³-hybridized carbons (Fsp3) is 0.250. The largest absolute Gasteiger partial charge is 0.494 e. The molecule has 0 spiro atoms. The first-order chi connectivity index (χ1) is 15.6. The van der Waals surface area contributed by atoms with Gasteiger partial charge in [0.1, 0.15) is 17.4 Å². The lowest BCUT2D eigenvalue weighted by Crippen LogP contribution is -2.21. The van der Waals surface area contributed by atoms with Crippen LogP contribution in [0.2, 0.25) is 0 Å². The van der Waals surface area contributed by atoms with Crippen LogP contribution in [0.3, 0.4) is 0 Å². The van der Waals surface area contributed by atoms with E-state index in [0.29, 0.717) is 29.5 Å². The maximum atomic E-state index is 9.94. The summed E-state index contributed by atoms with van der Waals surface area (Å²) in [4.78, 5) is 0. The van der Waals surface area contributed by atoms with E-state index in [1.54, 1.807) is 20.3 Å². The number of hydrogen-bond donors (Lipinski definition) is 2. The lowest BCUT2D eigenvalue weighted by molar-refractivity contribution is 0.317. The van der Waals surface area contributed by atoms with Crippen LogP contribution in [0, 0.1) is 11.3 Å². The number of nitrogens with zero attached hydrogens (tertiary/aromatic N) is 2. The molecule has 8 heteroatoms. The molecule has 1 aliphatic rings. The predicted molar refractivity (Wildman–Crippen MR) is 119 cm³/mol. The number of hydrogen-bond acceptors (Lipinski definition) is 7. The van der Waals surface area contributed by atoms with Gasteiger partial charge in [-0.3, -0.25) is 5.10 Å². The second-order valence-corrected chi connectivity index (χ2v) is 7.20. The number of nitrogens with one attached hydrogen (secondary N) is 1. The Balaban J connectivity index is 1.87. The summed E-state index contributed by atoms with van der Waals surface area (Å²) in [5, 5.41) is 17.3. The van der Waals surface area contributed by atoms with Crippen LogP contribution >= 0.6 is 0 Å². The molecule has 0 saturated heterocycles. The Morgan fingerprint density at radius 2 is 1.94 bits per heavy atom. The number of para-hydroxylation sites is 1. The van der Waals surface area contributed by atoms with Crippen molar-refractivity contribution in [2.24, 2.45) is 5.73 Å². The molecular formula is C24H24N4O4. The molecule has 2 heterocycles. The van der Waals surface area contributed by atoms with Gasteiger partial charge in [0.2, 0.25) is 11.8 Å². The van der Waals surface area contributed by atoms with E-state index in [4.69, 9.17) is 24.7 Å². The first-order valence-electron chi connectivity index (χ1n) is 10.2. The third-order valence-corrected chi connectivity index (χ3v) is 5.30. The van der Waals surface area contributed by atoms with Crippen molar-refractivity contribution < 1.29 is 18.9 Å². The normalized spacial score (nSPS) is 14.9. The number of allylic oxidation sites excluding steroid dienone is 1. The predicted octanol–water partition coefficient (Wildman–Crippen LogP) is 4.10. The number of fused-ring (bicyclic) bond motifs is 1. The minimum Gasteiger partial charge on any atom is -0.494 e. The minimum atomic E-state index is -0.557. The molecule has 0 unspecified atom stereocenters. The Labute approximate surface area is 186 Å². The molecule has 2 aromatic carbocycles. The molecule has 1 aromatic heterocycles. The van der Waals surface area contributed by atoms with Crippen LogP contribution in [0.4, 0.5) is 0 Å². The van der Waals surface area contributed by atoms with E-state index in [1.165, 1.54) is 0 Å². The fourth-order valence-corrected chi connectivity index (χ4v) is 3.85. The van der Waals surface area contributed by atoms with Crippen molar-refractivity contribution in [3.05, 3.63) is 65.0 Å². The smallest absolute Gasteiger partial charge is 0.244 e. The highest BCUT2D eigenvalue weighted by molar-refractivity contribution is 5.72. The van der Waals surface area contributed by atoms with Gasteiger partial charge in [-0.15, -0.1) is 5.10 Å². The van der Waals surface area contributed by atoms with Gasteiger partial charge in [0.15, 0.2) is 11.5 Å². The van der Waals surface area contributed by atoms with Gasteiger partial charge in [-0.1, -0.05) is 19.1 Å². The first kappa shape index (κ1) is 21.1. The highest BCUT2D eigenvalue weighted by atomic mass is 16.5. The summed E-state index contributed by atoms with van der Waals surface area (Å²) in [7, 11) is 3.13. The van der Waals surface area contributed by atoms with Crippen LogP contribution in [-0.2, 0) is 0 Å². The van der Waals surface area contributed by atoms with Gasteiger partial charge in [0, 0.05) is 11.1 Å². The molecule has 3 N–H and O–H groups in total. The summed E-state index contributed by atoms with van der Waals surface area (Å²) in [6.45, 7) is 2.71. The standard InChI is InChI=1S/C24H24N4O4/c1-4-12-31-15-10-8-14(9-11-15)21-20-19(16-6-5-7-18(29-2)22(16)30-3)17(13-25)23(26)32-24(20)28-27-21/h5-11,19H,4,12,26H2,1-3H3,(H,27,28)/t19-/m0/s1. The number of aromatic nitrogens is 2. The van der Waals surface area contributed by atoms with Crippen LogP contribution in [0.5, 0.6) is 23.1 Å². The summed E-state index contributed by atoms with van der Waals surface area (Å²) >= 11 is 0. The van der Waals surface area contributed by atoms with E-state index >= 15 is 0 Å². The Bertz CT molecular complexity index is 1190. The van der Waals surface area contributed by atoms with Crippen LogP contribution in [-0.4, -0.2) is 31.0 Å². The number of ether oxygens (including phenoxy) is 4. The van der Waals surface area contributed by atoms with Crippen LogP contribution < -0.4 is 24.7 Å². The van der Waals surface area contributed by atoms with Gasteiger partial charge in [0.05, 0.1) is 38.0 Å². The van der Waals surface area contributed by atoms with E-state index in [1.807, 2.05) is 36.4 Å². The van der Waals surface area contributed by atoms with Crippen LogP contribution in [0.25, 0.3) is 11.3 Å². The third kappa shape index (κ3) is 3.58. The van der Waals surface area contributed by atoms with Crippen molar-refractivity contribution in [3.8, 4) is 40.5 Å². The first-order valence-corrected chi connectivity index (χ1v) is 10.2. The van der Waals surface area contributed by atoms with Gasteiger partial charge >= 0.3 is 0 Å². The fourth-order valence-electron chi connectivity index (χ4n) is 3.85. The van der Waals surface area contributed by atoms with Crippen LogP contribution in [0.1, 0.15) is 30.4 Å². The average molecular weight is 432 g/mol. The number of rotatable bonds is 7. The molecule has 4 rings (SSSR count). The topological polar surface area (TPSA) is 115 Å². The average Bonchev–Trinajstić information content (AvgIpc) is 3.24. The van der Waals surface area contributed by atoms with Crippen molar-refractivity contribution in [1.29, 1.82) is 5.26 Å². The molecule has 0 saturated carbocycles. The molecule has 1 atom stereocenters. The molecule has 0 fully saturated rings. The molecule has 32 heavy (non-hydrogen) atoms. The summed E-state index contributed by atoms with van der Waals surface area (Å²) in [6, 6.07) is 15.4. The number of nitrogens with two attached hydrogens (primary N) is 1. The number of benzene rings is 2. The quantitative estimate of drug-likeness (QED) is 0.577. The van der Waals surface area contributed by atoms with Crippen LogP contribution in [0.15, 0.2) is 53.9 Å².